The smallest absolute Gasteiger partial charge is 0.340 e. The molecule has 0 unspecified atom stereocenters. The van der Waals surface area contributed by atoms with Gasteiger partial charge >= 0.3 is 5.97 Å². The number of carbonyl (C=O) groups is 2. The number of amides is 1. The molecule has 0 aromatic heterocycles. The van der Waals surface area contributed by atoms with Gasteiger partial charge in [0.05, 0.1) is 11.3 Å². The van der Waals surface area contributed by atoms with Gasteiger partial charge in [0.2, 0.25) is 5.91 Å². The summed E-state index contributed by atoms with van der Waals surface area (Å²) in [6, 6.07) is 14.2. The molecule has 0 spiro atoms. The van der Waals surface area contributed by atoms with Crippen molar-refractivity contribution in [2.45, 2.75) is 19.4 Å². The highest BCUT2D eigenvalue weighted by molar-refractivity contribution is 6.30. The number of benzene rings is 2. The summed E-state index contributed by atoms with van der Waals surface area (Å²) < 4.78 is 5.37. The summed E-state index contributed by atoms with van der Waals surface area (Å²) in [5.74, 6) is -0.391. The van der Waals surface area contributed by atoms with Gasteiger partial charge in [-0.3, -0.25) is 4.79 Å². The average molecular weight is 330 g/mol. The zero-order valence-electron chi connectivity index (χ0n) is 12.5. The minimum Gasteiger partial charge on any atom is -0.457 e. The van der Waals surface area contributed by atoms with Crippen LogP contribution in [0.1, 0.15) is 28.8 Å². The third-order valence-electron chi connectivity index (χ3n) is 3.77. The van der Waals surface area contributed by atoms with E-state index in [4.69, 9.17) is 16.3 Å². The molecule has 4 nitrogen and oxygen atoms in total. The molecule has 1 fully saturated rings. The fraction of sp³-hybridized carbons (Fsp3) is 0.222. The SMILES string of the molecule is O=C(OCc1ccc(Cl)cc1)c1ccccc1N1CCCC1=O. The molecule has 1 saturated heterocycles. The minimum absolute atomic E-state index is 0.0444. The fourth-order valence-corrected chi connectivity index (χ4v) is 2.72. The highest BCUT2D eigenvalue weighted by Gasteiger charge is 2.26. The van der Waals surface area contributed by atoms with Crippen molar-refractivity contribution in [1.82, 2.24) is 0 Å². The van der Waals surface area contributed by atoms with Crippen molar-refractivity contribution in [2.75, 3.05) is 11.4 Å². The van der Waals surface area contributed by atoms with Gasteiger partial charge in [0.25, 0.3) is 0 Å². The van der Waals surface area contributed by atoms with Crippen LogP contribution in [0.2, 0.25) is 5.02 Å². The average Bonchev–Trinajstić information content (AvgIpc) is 3.00. The van der Waals surface area contributed by atoms with Crippen LogP contribution in [-0.4, -0.2) is 18.4 Å². The van der Waals surface area contributed by atoms with Crippen LogP contribution in [0, 0.1) is 0 Å². The van der Waals surface area contributed by atoms with E-state index in [1.807, 2.05) is 18.2 Å². The number of carbonyl (C=O) groups excluding carboxylic acids is 2. The van der Waals surface area contributed by atoms with Gasteiger partial charge in [0, 0.05) is 18.0 Å². The molecule has 0 saturated carbocycles. The lowest BCUT2D eigenvalue weighted by Crippen LogP contribution is -2.26. The summed E-state index contributed by atoms with van der Waals surface area (Å²) in [5.41, 5.74) is 1.89. The van der Waals surface area contributed by atoms with Crippen molar-refractivity contribution in [1.29, 1.82) is 0 Å². The quantitative estimate of drug-likeness (QED) is 0.801. The predicted molar refractivity (Wildman–Crippen MR) is 88.6 cm³/mol. The lowest BCUT2D eigenvalue weighted by molar-refractivity contribution is -0.117. The Kier molecular flexibility index (Phi) is 4.63. The molecule has 0 N–H and O–H groups in total. The molecule has 0 aliphatic carbocycles. The Hall–Kier alpha value is -2.33. The molecule has 5 heteroatoms. The number of esters is 1. The van der Waals surface area contributed by atoms with Gasteiger partial charge in [-0.15, -0.1) is 0 Å². The highest BCUT2D eigenvalue weighted by Crippen LogP contribution is 2.26. The van der Waals surface area contributed by atoms with Crippen molar-refractivity contribution in [2.24, 2.45) is 0 Å². The first-order valence-corrected chi connectivity index (χ1v) is 7.84. The summed E-state index contributed by atoms with van der Waals surface area (Å²) in [7, 11) is 0. The standard InChI is InChI=1S/C18H16ClNO3/c19-14-9-7-13(8-10-14)12-23-18(22)15-4-1-2-5-16(15)20-11-3-6-17(20)21/h1-2,4-5,7-10H,3,6,11-12H2. The summed E-state index contributed by atoms with van der Waals surface area (Å²) in [5, 5.41) is 0.637. The molecule has 0 atom stereocenters. The van der Waals surface area contributed by atoms with E-state index < -0.39 is 5.97 Å². The van der Waals surface area contributed by atoms with E-state index in [9.17, 15) is 9.59 Å². The largest absolute Gasteiger partial charge is 0.457 e. The maximum absolute atomic E-state index is 12.4. The van der Waals surface area contributed by atoms with E-state index in [0.717, 1.165) is 12.0 Å². The van der Waals surface area contributed by atoms with Crippen molar-refractivity contribution in [3.05, 3.63) is 64.7 Å². The number of para-hydroxylation sites is 1. The van der Waals surface area contributed by atoms with Gasteiger partial charge in [0.15, 0.2) is 0 Å². The van der Waals surface area contributed by atoms with E-state index in [1.54, 1.807) is 35.2 Å². The van der Waals surface area contributed by atoms with Crippen LogP contribution in [0.25, 0.3) is 0 Å². The van der Waals surface area contributed by atoms with Gasteiger partial charge in [-0.2, -0.15) is 0 Å². The lowest BCUT2D eigenvalue weighted by atomic mass is 10.1. The van der Waals surface area contributed by atoms with Gasteiger partial charge < -0.3 is 9.64 Å². The molecule has 0 radical (unpaired) electrons. The molecule has 118 valence electrons. The minimum atomic E-state index is -0.435. The summed E-state index contributed by atoms with van der Waals surface area (Å²) >= 11 is 5.83. The Morgan fingerprint density at radius 1 is 1.13 bits per heavy atom. The molecule has 2 aromatic carbocycles. The summed E-state index contributed by atoms with van der Waals surface area (Å²) in [4.78, 5) is 26.0. The molecule has 3 rings (SSSR count). The summed E-state index contributed by atoms with van der Waals surface area (Å²) in [6.07, 6.45) is 1.33. The number of halogens is 1. The van der Waals surface area contributed by atoms with Gasteiger partial charge in [-0.05, 0) is 36.2 Å². The fourth-order valence-electron chi connectivity index (χ4n) is 2.59. The third-order valence-corrected chi connectivity index (χ3v) is 4.02. The molecule has 1 amide bonds. The van der Waals surface area contributed by atoms with Crippen molar-refractivity contribution < 1.29 is 14.3 Å². The number of hydrogen-bond donors (Lipinski definition) is 0. The normalized spacial score (nSPS) is 14.1. The van der Waals surface area contributed by atoms with E-state index in [1.165, 1.54) is 0 Å². The van der Waals surface area contributed by atoms with Crippen LogP contribution in [0.4, 0.5) is 5.69 Å². The van der Waals surface area contributed by atoms with Gasteiger partial charge in [0.1, 0.15) is 6.61 Å². The monoisotopic (exact) mass is 329 g/mol. The van der Waals surface area contributed by atoms with Crippen LogP contribution in [0.15, 0.2) is 48.5 Å². The van der Waals surface area contributed by atoms with Crippen molar-refractivity contribution >= 4 is 29.2 Å². The van der Waals surface area contributed by atoms with Crippen molar-refractivity contribution in [3.63, 3.8) is 0 Å². The Morgan fingerprint density at radius 2 is 1.87 bits per heavy atom. The van der Waals surface area contributed by atoms with Gasteiger partial charge in [-0.1, -0.05) is 35.9 Å². The van der Waals surface area contributed by atoms with Crippen molar-refractivity contribution in [3.8, 4) is 0 Å². The Bertz CT molecular complexity index is 727. The zero-order chi connectivity index (χ0) is 16.2. The predicted octanol–water partition coefficient (Wildman–Crippen LogP) is 3.82. The number of hydrogen-bond acceptors (Lipinski definition) is 3. The molecule has 2 aromatic rings. The van der Waals surface area contributed by atoms with E-state index in [0.29, 0.717) is 29.2 Å². The summed E-state index contributed by atoms with van der Waals surface area (Å²) in [6.45, 7) is 0.804. The van der Waals surface area contributed by atoms with Crippen LogP contribution in [0.5, 0.6) is 0 Å². The first-order chi connectivity index (χ1) is 11.1. The van der Waals surface area contributed by atoms with Crippen LogP contribution in [0.3, 0.4) is 0 Å². The number of anilines is 1. The maximum atomic E-state index is 12.4. The number of rotatable bonds is 4. The second kappa shape index (κ2) is 6.84. The van der Waals surface area contributed by atoms with Gasteiger partial charge in [-0.25, -0.2) is 4.79 Å². The molecular weight excluding hydrogens is 314 g/mol. The Morgan fingerprint density at radius 3 is 2.57 bits per heavy atom. The van der Waals surface area contributed by atoms with Crippen LogP contribution < -0.4 is 4.90 Å². The zero-order valence-corrected chi connectivity index (χ0v) is 13.3. The maximum Gasteiger partial charge on any atom is 0.340 e. The Labute approximate surface area is 139 Å². The van der Waals surface area contributed by atoms with E-state index in [2.05, 4.69) is 0 Å². The second-order valence-corrected chi connectivity index (χ2v) is 5.81. The number of ether oxygens (including phenoxy) is 1. The molecule has 23 heavy (non-hydrogen) atoms. The molecule has 1 aliphatic rings. The molecule has 0 bridgehead atoms. The highest BCUT2D eigenvalue weighted by atomic mass is 35.5. The number of nitrogens with zero attached hydrogens (tertiary/aromatic N) is 1. The molecular formula is C18H16ClNO3. The molecule has 1 heterocycles. The topological polar surface area (TPSA) is 46.6 Å². The third kappa shape index (κ3) is 3.54. The first kappa shape index (κ1) is 15.6. The lowest BCUT2D eigenvalue weighted by Gasteiger charge is -2.18. The van der Waals surface area contributed by atoms with Crippen LogP contribution in [-0.2, 0) is 16.1 Å². The van der Waals surface area contributed by atoms with E-state index in [-0.39, 0.29) is 12.5 Å². The molecule has 1 aliphatic heterocycles. The Balaban J connectivity index is 1.74. The second-order valence-electron chi connectivity index (χ2n) is 5.37. The van der Waals surface area contributed by atoms with E-state index >= 15 is 0 Å². The van der Waals surface area contributed by atoms with Crippen LogP contribution >= 0.6 is 11.6 Å². The first-order valence-electron chi connectivity index (χ1n) is 7.46.